The Morgan fingerprint density at radius 2 is 1.11 bits per heavy atom. The van der Waals surface area contributed by atoms with Gasteiger partial charge in [0.25, 0.3) is 0 Å². The molecule has 0 amide bonds. The van der Waals surface area contributed by atoms with E-state index in [4.69, 9.17) is 13.0 Å². The summed E-state index contributed by atoms with van der Waals surface area (Å²) in [6.45, 7) is 0. The molecule has 0 saturated carbocycles. The van der Waals surface area contributed by atoms with Gasteiger partial charge in [-0.2, -0.15) is 21.9 Å². The van der Waals surface area contributed by atoms with E-state index in [2.05, 4.69) is 10.7 Å². The fourth-order valence-electron chi connectivity index (χ4n) is 0. The molecule has 64 valence electrons. The van der Waals surface area contributed by atoms with Gasteiger partial charge in [-0.3, -0.25) is 4.55 Å². The van der Waals surface area contributed by atoms with Crippen LogP contribution < -0.4 is 0 Å². The summed E-state index contributed by atoms with van der Waals surface area (Å²) in [5.41, 5.74) is 0. The molecule has 0 aliphatic carbocycles. The Labute approximate surface area is 83.5 Å². The van der Waals surface area contributed by atoms with E-state index in [0.29, 0.717) is 0 Å². The second-order valence-electron chi connectivity index (χ2n) is 0.412. The van der Waals surface area contributed by atoms with E-state index in [9.17, 15) is 0 Å². The first-order chi connectivity index (χ1) is 2.00. The fourth-order valence-corrected chi connectivity index (χ4v) is 0. The Kier molecular flexibility index (Phi) is 42.4. The van der Waals surface area contributed by atoms with Crippen LogP contribution in [0.5, 0.6) is 0 Å². The molecular weight excluding hydrogens is 254 g/mol. The number of hydrogen-bond donors (Lipinski definition) is 1. The third-order valence-electron chi connectivity index (χ3n) is 0. The molecule has 0 saturated heterocycles. The van der Waals surface area contributed by atoms with Gasteiger partial charge in [-0.05, 0) is 0 Å². The van der Waals surface area contributed by atoms with Gasteiger partial charge in [0.15, 0.2) is 0 Å². The minimum atomic E-state index is -4.19. The van der Waals surface area contributed by atoms with Crippen molar-refractivity contribution in [3.63, 3.8) is 0 Å². The second-order valence-corrected chi connectivity index (χ2v) is 2.41. The quantitative estimate of drug-likeness (QED) is 0.529. The summed E-state index contributed by atoms with van der Waals surface area (Å²) in [4.78, 5) is 0. The van der Waals surface area contributed by atoms with Crippen LogP contribution >= 0.6 is 61.4 Å². The van der Waals surface area contributed by atoms with Gasteiger partial charge >= 0.3 is 9.33 Å². The normalized spacial score (nSPS) is 6.44. The third kappa shape index (κ3) is 257. The minimum Gasteiger partial charge on any atom is -0.273 e. The molecular formula is H6Cl4O3S2. The van der Waals surface area contributed by atoms with Gasteiger partial charge in [-0.15, -0.1) is 37.2 Å². The van der Waals surface area contributed by atoms with Crippen LogP contribution in [-0.4, -0.2) is 13.0 Å². The maximum atomic E-state index is 8.95. The van der Waals surface area contributed by atoms with E-state index >= 15 is 0 Å². The molecule has 9 heavy (non-hydrogen) atoms. The molecule has 0 heterocycles. The summed E-state index contributed by atoms with van der Waals surface area (Å²) >= 11 is 0. The predicted octanol–water partition coefficient (Wildman–Crippen LogP) is 1.41. The van der Waals surface area contributed by atoms with Crippen molar-refractivity contribution in [2.45, 2.75) is 0 Å². The molecule has 0 radical (unpaired) electrons. The van der Waals surface area contributed by atoms with Crippen molar-refractivity contribution in [1.29, 1.82) is 0 Å². The van der Waals surface area contributed by atoms with Gasteiger partial charge in [0.1, 0.15) is 0 Å². The molecule has 0 fully saturated rings. The highest BCUT2D eigenvalue weighted by Crippen LogP contribution is 1.82. The molecule has 0 aliphatic rings. The Balaban J connectivity index is -0.0000000133. The first kappa shape index (κ1) is 31.5. The molecule has 0 rings (SSSR count). The van der Waals surface area contributed by atoms with Gasteiger partial charge in [0, 0.05) is 10.7 Å². The van der Waals surface area contributed by atoms with Crippen LogP contribution in [-0.2, 0) is 9.33 Å². The summed E-state index contributed by atoms with van der Waals surface area (Å²) in [6, 6.07) is 0. The zero-order valence-electron chi connectivity index (χ0n) is 3.77. The van der Waals surface area contributed by atoms with Gasteiger partial charge in [0.2, 0.25) is 0 Å². The lowest BCUT2D eigenvalue weighted by Crippen LogP contribution is -1.77. The highest BCUT2D eigenvalue weighted by atomic mass is 35.7. The Hall–Kier alpha value is 1.42. The Morgan fingerprint density at radius 3 is 1.11 bits per heavy atom. The van der Waals surface area contributed by atoms with E-state index in [1.807, 2.05) is 0 Å². The highest BCUT2D eigenvalue weighted by Gasteiger charge is 1.86. The van der Waals surface area contributed by atoms with Crippen LogP contribution in [0.2, 0.25) is 0 Å². The van der Waals surface area contributed by atoms with Gasteiger partial charge in [0.05, 0.1) is 0 Å². The number of hydrogen-bond acceptors (Lipinski definition) is 2. The van der Waals surface area contributed by atoms with Crippen LogP contribution in [0, 0.1) is 0 Å². The molecule has 0 aromatic rings. The molecule has 0 aromatic heterocycles. The van der Waals surface area contributed by atoms with Gasteiger partial charge in [-0.25, -0.2) is 0 Å². The first-order valence-electron chi connectivity index (χ1n) is 0.670. The molecule has 3 nitrogen and oxygen atoms in total. The van der Waals surface area contributed by atoms with Crippen LogP contribution in [0.15, 0.2) is 0 Å². The van der Waals surface area contributed by atoms with Crippen molar-refractivity contribution in [2.75, 3.05) is 0 Å². The maximum Gasteiger partial charge on any atom is 0.353 e. The zero-order chi connectivity index (χ0) is 4.50. The van der Waals surface area contributed by atoms with Crippen molar-refractivity contribution in [1.82, 2.24) is 0 Å². The molecule has 0 aromatic carbocycles. The second kappa shape index (κ2) is 12.1. The van der Waals surface area contributed by atoms with Crippen LogP contribution in [0.4, 0.5) is 0 Å². The summed E-state index contributed by atoms with van der Waals surface area (Å²) in [5, 5.41) is 0. The molecule has 0 spiro atoms. The van der Waals surface area contributed by atoms with Crippen LogP contribution in [0.25, 0.3) is 0 Å². The summed E-state index contributed by atoms with van der Waals surface area (Å²) in [6.07, 6.45) is 0. The van der Waals surface area contributed by atoms with Gasteiger partial charge in [-0.1, -0.05) is 0 Å². The standard InChI is InChI=1S/ClHO3S.3ClH.H2S/c1-5(2,3)4;;;;/h(H,2,3,4);3*1H;1H2. The van der Waals surface area contributed by atoms with Crippen molar-refractivity contribution in [3.8, 4) is 0 Å². The fraction of sp³-hybridized carbons (Fsp3) is 0. The van der Waals surface area contributed by atoms with Crippen LogP contribution in [0.1, 0.15) is 0 Å². The van der Waals surface area contributed by atoms with E-state index in [0.717, 1.165) is 0 Å². The summed E-state index contributed by atoms with van der Waals surface area (Å²) in [7, 11) is -0.137. The van der Waals surface area contributed by atoms with Gasteiger partial charge < -0.3 is 0 Å². The average Bonchev–Trinajstić information content (AvgIpc) is 0.722. The third-order valence-corrected chi connectivity index (χ3v) is 0. The van der Waals surface area contributed by atoms with E-state index < -0.39 is 9.33 Å². The zero-order valence-corrected chi connectivity index (χ0v) is 8.80. The van der Waals surface area contributed by atoms with E-state index in [-0.39, 0.29) is 50.7 Å². The summed E-state index contributed by atoms with van der Waals surface area (Å²) in [5.74, 6) is 0. The lowest BCUT2D eigenvalue weighted by Gasteiger charge is -1.65. The SMILES string of the molecule is Cl.Cl.Cl.O=S(=O)(O)Cl.S. The smallest absolute Gasteiger partial charge is 0.273 e. The van der Waals surface area contributed by atoms with E-state index in [1.54, 1.807) is 0 Å². The monoisotopic (exact) mass is 258 g/mol. The minimum absolute atomic E-state index is 0. The van der Waals surface area contributed by atoms with E-state index in [1.165, 1.54) is 0 Å². The highest BCUT2D eigenvalue weighted by molar-refractivity contribution is 8.09. The Bertz CT molecular complexity index is 97.0. The molecule has 0 atom stereocenters. The van der Waals surface area contributed by atoms with Crippen LogP contribution in [0.3, 0.4) is 0 Å². The largest absolute Gasteiger partial charge is 0.353 e. The van der Waals surface area contributed by atoms with Crippen molar-refractivity contribution in [2.24, 2.45) is 0 Å². The van der Waals surface area contributed by atoms with Crippen molar-refractivity contribution >= 4 is 70.7 Å². The molecule has 0 bridgehead atoms. The maximum absolute atomic E-state index is 8.95. The number of rotatable bonds is 0. The topological polar surface area (TPSA) is 54.4 Å². The Morgan fingerprint density at radius 1 is 1.11 bits per heavy atom. The first-order valence-corrected chi connectivity index (χ1v) is 2.94. The predicted molar refractivity (Wildman–Crippen MR) is 49.5 cm³/mol. The number of halogens is 4. The molecule has 1 N–H and O–H groups in total. The lowest BCUT2D eigenvalue weighted by molar-refractivity contribution is 0.501. The average molecular weight is 260 g/mol. The lowest BCUT2D eigenvalue weighted by atomic mass is 15.9. The molecule has 9 heteroatoms. The van der Waals surface area contributed by atoms with Crippen molar-refractivity contribution < 1.29 is 13.0 Å². The molecule has 0 aliphatic heterocycles. The summed E-state index contributed by atoms with van der Waals surface area (Å²) < 4.78 is 25.2. The van der Waals surface area contributed by atoms with Crippen molar-refractivity contribution in [3.05, 3.63) is 0 Å². The molecule has 0 unspecified atom stereocenters.